The predicted molar refractivity (Wildman–Crippen MR) is 260 cm³/mol. The Hall–Kier alpha value is -7.62. The molecule has 17 nitrogen and oxygen atoms in total. The molecule has 71 heavy (non-hydrogen) atoms. The smallest absolute Gasteiger partial charge is 0.411 e. The van der Waals surface area contributed by atoms with Gasteiger partial charge in [0.05, 0.1) is 34.0 Å². The molecule has 0 aliphatic carbocycles. The van der Waals surface area contributed by atoms with E-state index < -0.39 is 47.6 Å². The van der Waals surface area contributed by atoms with Crippen LogP contribution in [-0.4, -0.2) is 131 Å². The van der Waals surface area contributed by atoms with Gasteiger partial charge in [-0.25, -0.2) is 23.8 Å². The standard InChI is InChI=1S/C52H52ClFN6O11/c1-8-11-30-22-31-25-59(20-21-68-46(31)44(54)42(30)43-38(53)12-10-13-41(43)62)19-18-56(5)47(63)29(3)27-70-50(66)57(6)16-17-58(7)51(67)71-52(4)37-24-40-45-35(26-60(40)48(64)36(37)28-69-49(52)65)33(9-2)34-23-32(61)14-15-39(34)55-45/h10,12-15,22-24,61-62H,3,9,16-21,25-28H2,1-2,4-7H3. The molecule has 19 heteroatoms. The number of aromatic nitrogens is 2. The fraction of sp³-hybridized carbons (Fsp3) is 0.346. The molecule has 8 rings (SSSR count). The summed E-state index contributed by atoms with van der Waals surface area (Å²) in [5.74, 6) is 3.64. The molecule has 1 unspecified atom stereocenters. The number of likely N-dealkylation sites (N-methyl/N-ethyl adjacent to an activating group) is 3. The number of aryl methyl sites for hydroxylation is 1. The molecule has 5 heterocycles. The van der Waals surface area contributed by atoms with E-state index in [1.807, 2.05) is 11.8 Å². The van der Waals surface area contributed by atoms with E-state index in [9.17, 15) is 34.2 Å². The minimum Gasteiger partial charge on any atom is -0.508 e. The monoisotopic (exact) mass is 990 g/mol. The molecular formula is C52H52ClFN6O11. The molecule has 5 aromatic rings. The highest BCUT2D eigenvalue weighted by atomic mass is 35.5. The van der Waals surface area contributed by atoms with E-state index in [-0.39, 0.29) is 96.0 Å². The minimum absolute atomic E-state index is 0.0107. The fourth-order valence-electron chi connectivity index (χ4n) is 9.09. The summed E-state index contributed by atoms with van der Waals surface area (Å²) >= 11 is 6.40. The van der Waals surface area contributed by atoms with Crippen LogP contribution in [-0.2, 0) is 55.5 Å². The van der Waals surface area contributed by atoms with E-state index in [4.69, 9.17) is 35.5 Å². The topological polar surface area (TPSA) is 194 Å². The van der Waals surface area contributed by atoms with Crippen molar-refractivity contribution in [3.63, 3.8) is 0 Å². The summed E-state index contributed by atoms with van der Waals surface area (Å²) in [6.07, 6.45) is -1.12. The number of hydrogen-bond acceptors (Lipinski definition) is 13. The third-order valence-corrected chi connectivity index (χ3v) is 13.4. The third kappa shape index (κ3) is 9.42. The first-order valence-electron chi connectivity index (χ1n) is 22.8. The maximum atomic E-state index is 16.2. The minimum atomic E-state index is -2.01. The number of pyridine rings is 2. The molecule has 0 radical (unpaired) electrons. The van der Waals surface area contributed by atoms with Crippen molar-refractivity contribution in [1.82, 2.24) is 29.2 Å². The van der Waals surface area contributed by atoms with Gasteiger partial charge in [0.15, 0.2) is 11.6 Å². The second-order valence-electron chi connectivity index (χ2n) is 17.7. The van der Waals surface area contributed by atoms with Gasteiger partial charge in [-0.1, -0.05) is 37.1 Å². The summed E-state index contributed by atoms with van der Waals surface area (Å²) in [5.41, 5.74) is 2.33. The van der Waals surface area contributed by atoms with Crippen LogP contribution < -0.4 is 10.3 Å². The highest BCUT2D eigenvalue weighted by molar-refractivity contribution is 6.33. The summed E-state index contributed by atoms with van der Waals surface area (Å²) in [7, 11) is 4.44. The third-order valence-electron chi connectivity index (χ3n) is 13.1. The molecule has 2 aromatic heterocycles. The fourth-order valence-corrected chi connectivity index (χ4v) is 9.36. The average molecular weight is 991 g/mol. The number of carbonyl (C=O) groups excluding carboxylic acids is 4. The van der Waals surface area contributed by atoms with Crippen molar-refractivity contribution in [2.75, 3.05) is 67.1 Å². The van der Waals surface area contributed by atoms with Crippen LogP contribution in [0.5, 0.6) is 17.2 Å². The summed E-state index contributed by atoms with van der Waals surface area (Å²) in [6.45, 7) is 9.66. The van der Waals surface area contributed by atoms with Crippen LogP contribution in [0.1, 0.15) is 54.2 Å². The van der Waals surface area contributed by atoms with E-state index in [1.165, 1.54) is 43.0 Å². The Morgan fingerprint density at radius 3 is 2.44 bits per heavy atom. The van der Waals surface area contributed by atoms with Crippen molar-refractivity contribution < 1.29 is 52.7 Å². The molecular weight excluding hydrogens is 939 g/mol. The zero-order chi connectivity index (χ0) is 51.1. The molecule has 3 aliphatic heterocycles. The lowest BCUT2D eigenvalue weighted by Crippen LogP contribution is -2.48. The number of ether oxygens (including phenoxy) is 4. The Balaban J connectivity index is 0.843. The van der Waals surface area contributed by atoms with E-state index in [2.05, 4.69) is 18.4 Å². The highest BCUT2D eigenvalue weighted by Gasteiger charge is 2.48. The summed E-state index contributed by atoms with van der Waals surface area (Å²) < 4.78 is 40.3. The number of fused-ring (bicyclic) bond motifs is 6. The van der Waals surface area contributed by atoms with Crippen LogP contribution in [0, 0.1) is 17.7 Å². The number of hydrogen-bond donors (Lipinski definition) is 2. The van der Waals surface area contributed by atoms with Crippen LogP contribution in [0.4, 0.5) is 14.0 Å². The lowest BCUT2D eigenvalue weighted by Gasteiger charge is -2.34. The molecule has 3 amide bonds. The second-order valence-corrected chi connectivity index (χ2v) is 18.1. The largest absolute Gasteiger partial charge is 0.508 e. The van der Waals surface area contributed by atoms with Gasteiger partial charge in [0.25, 0.3) is 11.5 Å². The highest BCUT2D eigenvalue weighted by Crippen LogP contribution is 2.44. The molecule has 1 atom stereocenters. The van der Waals surface area contributed by atoms with Crippen LogP contribution in [0.2, 0.25) is 5.02 Å². The summed E-state index contributed by atoms with van der Waals surface area (Å²) in [4.78, 5) is 78.0. The number of benzene rings is 3. The van der Waals surface area contributed by atoms with E-state index >= 15 is 4.39 Å². The first-order chi connectivity index (χ1) is 33.9. The first-order valence-corrected chi connectivity index (χ1v) is 23.2. The number of carbonyl (C=O) groups is 4. The number of rotatable bonds is 12. The van der Waals surface area contributed by atoms with Gasteiger partial charge in [0.2, 0.25) is 5.60 Å². The first kappa shape index (κ1) is 49.8. The molecule has 0 spiro atoms. The maximum Gasteiger partial charge on any atom is 0.411 e. The van der Waals surface area contributed by atoms with Gasteiger partial charge in [0.1, 0.15) is 31.3 Å². The zero-order valence-electron chi connectivity index (χ0n) is 40.1. The number of aromatic hydroxyl groups is 2. The molecule has 3 aliphatic rings. The van der Waals surface area contributed by atoms with Crippen molar-refractivity contribution in [3.05, 3.63) is 115 Å². The number of phenols is 2. The normalized spacial score (nSPS) is 15.6. The molecule has 2 N–H and O–H groups in total. The van der Waals surface area contributed by atoms with Crippen LogP contribution >= 0.6 is 11.6 Å². The predicted octanol–water partition coefficient (Wildman–Crippen LogP) is 6.55. The Morgan fingerprint density at radius 2 is 1.72 bits per heavy atom. The van der Waals surface area contributed by atoms with E-state index in [1.54, 1.807) is 54.9 Å². The van der Waals surface area contributed by atoms with Crippen molar-refractivity contribution in [2.45, 2.75) is 52.5 Å². The van der Waals surface area contributed by atoms with Crippen LogP contribution in [0.25, 0.3) is 33.4 Å². The number of cyclic esters (lactones) is 1. The molecule has 0 bridgehead atoms. The summed E-state index contributed by atoms with van der Waals surface area (Å²) in [5, 5.41) is 21.7. The molecule has 0 saturated carbocycles. The van der Waals surface area contributed by atoms with Gasteiger partial charge in [0, 0.05) is 105 Å². The lowest BCUT2D eigenvalue weighted by atomic mass is 9.89. The molecule has 0 fully saturated rings. The number of phenolic OH excluding ortho intramolecular Hbond substituents is 2. The van der Waals surface area contributed by atoms with E-state index in [0.717, 1.165) is 21.4 Å². The van der Waals surface area contributed by atoms with Gasteiger partial charge in [-0.3, -0.25) is 14.5 Å². The number of amides is 3. The van der Waals surface area contributed by atoms with E-state index in [0.29, 0.717) is 47.5 Å². The number of esters is 1. The van der Waals surface area contributed by atoms with Crippen molar-refractivity contribution in [3.8, 4) is 51.6 Å². The zero-order valence-corrected chi connectivity index (χ0v) is 40.9. The van der Waals surface area contributed by atoms with Crippen molar-refractivity contribution >= 4 is 46.6 Å². The van der Waals surface area contributed by atoms with Crippen LogP contribution in [0.15, 0.2) is 65.5 Å². The van der Waals surface area contributed by atoms with Gasteiger partial charge in [-0.2, -0.15) is 0 Å². The summed E-state index contributed by atoms with van der Waals surface area (Å²) in [6, 6.07) is 12.8. The second kappa shape index (κ2) is 20.0. The molecule has 370 valence electrons. The molecule has 0 saturated heterocycles. The lowest BCUT2D eigenvalue weighted by molar-refractivity contribution is -0.170. The number of nitrogens with zero attached hydrogens (tertiary/aromatic N) is 6. The van der Waals surface area contributed by atoms with Crippen molar-refractivity contribution in [1.29, 1.82) is 0 Å². The Labute approximate surface area is 413 Å². The molecule has 3 aromatic carbocycles. The van der Waals surface area contributed by atoms with Gasteiger partial charge in [-0.05, 0) is 68.3 Å². The van der Waals surface area contributed by atoms with Gasteiger partial charge in [-0.15, -0.1) is 5.92 Å². The quantitative estimate of drug-likeness (QED) is 0.0581. The average Bonchev–Trinajstić information content (AvgIpc) is 3.58. The Bertz CT molecular complexity index is 3160. The Morgan fingerprint density at radius 1 is 0.972 bits per heavy atom. The van der Waals surface area contributed by atoms with Crippen LogP contribution in [0.3, 0.4) is 0 Å². The van der Waals surface area contributed by atoms with Crippen molar-refractivity contribution in [2.24, 2.45) is 0 Å². The van der Waals surface area contributed by atoms with Gasteiger partial charge >= 0.3 is 18.2 Å². The SMILES string of the molecule is C=C(COC(=O)N(C)CCN(C)C(=O)OC1(C)C(=O)OCc2c1cc1n(c2=O)Cc2c-1nc1ccc(O)cc1c2CC)C(=O)N(C)CCN1CCOc2c(cc(C#CC)c(-c3c(O)cccc3Cl)c2F)C1. The van der Waals surface area contributed by atoms with Gasteiger partial charge < -0.3 is 48.4 Å². The maximum absolute atomic E-state index is 16.2. The number of halogens is 2. The Kier molecular flexibility index (Phi) is 14.0.